The molecule has 34 heavy (non-hydrogen) atoms. The van der Waals surface area contributed by atoms with Gasteiger partial charge >= 0.3 is 6.18 Å². The maximum atomic E-state index is 13.5. The standard InChI is InChI=1S/C24H22ClF3N2O3S/c1-15-11-16(2)23(17(3)12-15)29-22(31)14-30(34(32,33)19-7-5-4-6-8-19)18-9-10-21(25)20(13-18)24(26,27)28/h4-13H,14H2,1-3H3,(H,29,31). The summed E-state index contributed by atoms with van der Waals surface area (Å²) in [4.78, 5) is 12.8. The first-order valence-corrected chi connectivity index (χ1v) is 11.9. The summed E-state index contributed by atoms with van der Waals surface area (Å²) in [6, 6.07) is 13.6. The summed E-state index contributed by atoms with van der Waals surface area (Å²) >= 11 is 5.71. The molecule has 0 aliphatic carbocycles. The van der Waals surface area contributed by atoms with Gasteiger partial charge in [-0.1, -0.05) is 47.5 Å². The van der Waals surface area contributed by atoms with Crippen LogP contribution in [0.1, 0.15) is 22.3 Å². The number of rotatable bonds is 6. The van der Waals surface area contributed by atoms with E-state index in [-0.39, 0.29) is 10.6 Å². The largest absolute Gasteiger partial charge is 0.417 e. The molecule has 5 nitrogen and oxygen atoms in total. The number of carbonyl (C=O) groups excluding carboxylic acids is 1. The van der Waals surface area contributed by atoms with Crippen LogP contribution in [0.2, 0.25) is 5.02 Å². The van der Waals surface area contributed by atoms with Crippen molar-refractivity contribution in [3.63, 3.8) is 0 Å². The number of carbonyl (C=O) groups is 1. The summed E-state index contributed by atoms with van der Waals surface area (Å²) in [5.74, 6) is -0.710. The van der Waals surface area contributed by atoms with Crippen molar-refractivity contribution in [2.24, 2.45) is 0 Å². The molecule has 0 bridgehead atoms. The van der Waals surface area contributed by atoms with Gasteiger partial charge in [0.15, 0.2) is 0 Å². The van der Waals surface area contributed by atoms with Crippen LogP contribution in [0.25, 0.3) is 0 Å². The van der Waals surface area contributed by atoms with E-state index in [1.54, 1.807) is 19.9 Å². The molecule has 0 unspecified atom stereocenters. The molecule has 3 aromatic carbocycles. The first-order chi connectivity index (χ1) is 15.8. The zero-order valence-corrected chi connectivity index (χ0v) is 20.1. The van der Waals surface area contributed by atoms with Gasteiger partial charge in [0.2, 0.25) is 5.91 Å². The smallest absolute Gasteiger partial charge is 0.324 e. The fraction of sp³-hybridized carbons (Fsp3) is 0.208. The zero-order valence-electron chi connectivity index (χ0n) is 18.6. The number of nitrogens with zero attached hydrogens (tertiary/aromatic N) is 1. The molecule has 0 aliphatic heterocycles. The Morgan fingerprint density at radius 2 is 1.56 bits per heavy atom. The van der Waals surface area contributed by atoms with E-state index in [1.165, 1.54) is 24.3 Å². The number of alkyl halides is 3. The summed E-state index contributed by atoms with van der Waals surface area (Å²) in [5, 5.41) is 2.11. The van der Waals surface area contributed by atoms with E-state index < -0.39 is 39.2 Å². The second-order valence-corrected chi connectivity index (χ2v) is 10.1. The molecule has 0 saturated carbocycles. The van der Waals surface area contributed by atoms with Crippen LogP contribution in [0.5, 0.6) is 0 Å². The molecule has 10 heteroatoms. The number of sulfonamides is 1. The molecule has 0 spiro atoms. The number of anilines is 2. The molecule has 0 saturated heterocycles. The normalized spacial score (nSPS) is 11.9. The first-order valence-electron chi connectivity index (χ1n) is 10.1. The van der Waals surface area contributed by atoms with Gasteiger partial charge in [0, 0.05) is 5.69 Å². The number of amides is 1. The SMILES string of the molecule is Cc1cc(C)c(NC(=O)CN(c2ccc(Cl)c(C(F)(F)F)c2)S(=O)(=O)c2ccccc2)c(C)c1. The van der Waals surface area contributed by atoms with E-state index in [9.17, 15) is 26.4 Å². The van der Waals surface area contributed by atoms with Gasteiger partial charge in [-0.25, -0.2) is 8.42 Å². The third kappa shape index (κ3) is 5.53. The zero-order chi connectivity index (χ0) is 25.3. The third-order valence-electron chi connectivity index (χ3n) is 5.10. The molecule has 3 rings (SSSR count). The Balaban J connectivity index is 2.06. The molecular weight excluding hydrogens is 489 g/mol. The van der Waals surface area contributed by atoms with E-state index in [2.05, 4.69) is 5.32 Å². The van der Waals surface area contributed by atoms with Crippen molar-refractivity contribution in [3.05, 3.63) is 87.9 Å². The Morgan fingerprint density at radius 1 is 0.971 bits per heavy atom. The van der Waals surface area contributed by atoms with Gasteiger partial charge in [0.25, 0.3) is 10.0 Å². The molecule has 0 atom stereocenters. The topological polar surface area (TPSA) is 66.5 Å². The number of benzene rings is 3. The van der Waals surface area contributed by atoms with Crippen molar-refractivity contribution < 1.29 is 26.4 Å². The molecule has 1 amide bonds. The Hall–Kier alpha value is -3.04. The Bertz CT molecular complexity index is 1300. The average Bonchev–Trinajstić information content (AvgIpc) is 2.75. The third-order valence-corrected chi connectivity index (χ3v) is 7.22. The van der Waals surface area contributed by atoms with Crippen molar-refractivity contribution in [3.8, 4) is 0 Å². The lowest BCUT2D eigenvalue weighted by atomic mass is 10.1. The minimum absolute atomic E-state index is 0.172. The molecule has 0 aliphatic rings. The van der Waals surface area contributed by atoms with E-state index in [1.807, 2.05) is 19.1 Å². The lowest BCUT2D eigenvalue weighted by Gasteiger charge is -2.25. The van der Waals surface area contributed by atoms with Crippen molar-refractivity contribution in [2.45, 2.75) is 31.8 Å². The lowest BCUT2D eigenvalue weighted by Crippen LogP contribution is -2.38. The van der Waals surface area contributed by atoms with Gasteiger partial charge in [0.1, 0.15) is 6.54 Å². The van der Waals surface area contributed by atoms with Crippen molar-refractivity contribution in [1.29, 1.82) is 0 Å². The van der Waals surface area contributed by atoms with Crippen LogP contribution in [0.3, 0.4) is 0 Å². The second kappa shape index (κ2) is 9.68. The first kappa shape index (κ1) is 25.6. The summed E-state index contributed by atoms with van der Waals surface area (Å²) in [6.45, 7) is 4.74. The van der Waals surface area contributed by atoms with Crippen LogP contribution in [0.15, 0.2) is 65.6 Å². The number of hydrogen-bond acceptors (Lipinski definition) is 3. The van der Waals surface area contributed by atoms with Gasteiger partial charge < -0.3 is 5.32 Å². The minimum Gasteiger partial charge on any atom is -0.324 e. The molecule has 0 aromatic heterocycles. The Labute approximate surface area is 201 Å². The highest BCUT2D eigenvalue weighted by Crippen LogP contribution is 2.38. The fourth-order valence-corrected chi connectivity index (χ4v) is 5.27. The van der Waals surface area contributed by atoms with Crippen LogP contribution in [0.4, 0.5) is 24.5 Å². The van der Waals surface area contributed by atoms with E-state index in [4.69, 9.17) is 11.6 Å². The Kier molecular flexibility index (Phi) is 7.28. The van der Waals surface area contributed by atoms with Crippen LogP contribution < -0.4 is 9.62 Å². The van der Waals surface area contributed by atoms with E-state index in [0.29, 0.717) is 16.1 Å². The van der Waals surface area contributed by atoms with Gasteiger partial charge in [0.05, 0.1) is 21.2 Å². The van der Waals surface area contributed by atoms with Crippen LogP contribution in [-0.4, -0.2) is 20.9 Å². The summed E-state index contributed by atoms with van der Waals surface area (Å²) in [6.07, 6.45) is -4.81. The molecule has 0 radical (unpaired) electrons. The molecule has 3 aromatic rings. The number of hydrogen-bond donors (Lipinski definition) is 1. The van der Waals surface area contributed by atoms with Gasteiger partial charge in [-0.3, -0.25) is 9.10 Å². The highest BCUT2D eigenvalue weighted by Gasteiger charge is 2.35. The summed E-state index contributed by atoms with van der Waals surface area (Å²) < 4.78 is 67.7. The average molecular weight is 511 g/mol. The molecule has 180 valence electrons. The highest BCUT2D eigenvalue weighted by molar-refractivity contribution is 7.92. The number of halogens is 4. The molecule has 0 fully saturated rings. The second-order valence-electron chi connectivity index (χ2n) is 7.81. The monoisotopic (exact) mass is 510 g/mol. The van der Waals surface area contributed by atoms with Crippen LogP contribution in [-0.2, 0) is 21.0 Å². The quantitative estimate of drug-likeness (QED) is 0.434. The maximum absolute atomic E-state index is 13.5. The summed E-state index contributed by atoms with van der Waals surface area (Å²) in [7, 11) is -4.38. The predicted octanol–water partition coefficient (Wildman–Crippen LogP) is 6.12. The van der Waals surface area contributed by atoms with Crippen LogP contribution >= 0.6 is 11.6 Å². The highest BCUT2D eigenvalue weighted by atomic mass is 35.5. The Morgan fingerprint density at radius 3 is 2.12 bits per heavy atom. The minimum atomic E-state index is -4.81. The number of nitrogens with one attached hydrogen (secondary N) is 1. The van der Waals surface area contributed by atoms with Gasteiger partial charge in [-0.15, -0.1) is 0 Å². The van der Waals surface area contributed by atoms with E-state index >= 15 is 0 Å². The van der Waals surface area contributed by atoms with Crippen LogP contribution in [0, 0.1) is 20.8 Å². The lowest BCUT2D eigenvalue weighted by molar-refractivity contribution is -0.137. The van der Waals surface area contributed by atoms with Gasteiger partial charge in [-0.05, 0) is 62.2 Å². The molecule has 1 N–H and O–H groups in total. The van der Waals surface area contributed by atoms with Crippen molar-refractivity contribution >= 4 is 38.9 Å². The predicted molar refractivity (Wildman–Crippen MR) is 127 cm³/mol. The maximum Gasteiger partial charge on any atom is 0.417 e. The number of aryl methyl sites for hydroxylation is 3. The fourth-order valence-electron chi connectivity index (χ4n) is 3.61. The summed E-state index contributed by atoms with van der Waals surface area (Å²) in [5.41, 5.74) is 1.50. The van der Waals surface area contributed by atoms with Crippen molar-refractivity contribution in [1.82, 2.24) is 0 Å². The van der Waals surface area contributed by atoms with Gasteiger partial charge in [-0.2, -0.15) is 13.2 Å². The van der Waals surface area contributed by atoms with Crippen molar-refractivity contribution in [2.75, 3.05) is 16.2 Å². The molecular formula is C24H22ClF3N2O3S. The molecule has 0 heterocycles. The van der Waals surface area contributed by atoms with E-state index in [0.717, 1.165) is 28.8 Å².